The van der Waals surface area contributed by atoms with E-state index in [1.165, 1.54) is 25.0 Å². The molecule has 58 heavy (non-hydrogen) atoms. The smallest absolute Gasteiger partial charge is 0.306 e. The largest absolute Gasteiger partial charge is 0.462 e. The highest BCUT2D eigenvalue weighted by atomic mass is 16.7. The summed E-state index contributed by atoms with van der Waals surface area (Å²) in [7, 11) is 3.05. The van der Waals surface area contributed by atoms with E-state index in [9.17, 15) is 14.7 Å². The summed E-state index contributed by atoms with van der Waals surface area (Å²) in [6.07, 6.45) is 7.51. The van der Waals surface area contributed by atoms with Gasteiger partial charge in [0.15, 0.2) is 12.1 Å². The molecule has 0 radical (unpaired) electrons. The van der Waals surface area contributed by atoms with Crippen LogP contribution in [0.3, 0.4) is 0 Å². The molecule has 0 spiro atoms. The van der Waals surface area contributed by atoms with Crippen molar-refractivity contribution in [2.24, 2.45) is 23.7 Å². The zero-order chi connectivity index (χ0) is 41.3. The van der Waals surface area contributed by atoms with E-state index in [0.29, 0.717) is 25.8 Å². The molecule has 1 fully saturated rings. The van der Waals surface area contributed by atoms with Gasteiger partial charge in [-0.1, -0.05) is 92.2 Å². The Bertz CT molecular complexity index is 2060. The molecule has 2 aliphatic rings. The summed E-state index contributed by atoms with van der Waals surface area (Å²) in [5.74, 6) is -0.206. The van der Waals surface area contributed by atoms with Crippen LogP contribution in [0.25, 0.3) is 32.8 Å². The molecule has 10 atom stereocenters. The number of carbonyl (C=O) groups is 2. The number of aliphatic hydroxyl groups is 1. The number of aromatic nitrogens is 3. The second-order valence-electron chi connectivity index (χ2n) is 16.4. The monoisotopic (exact) mass is 795 g/mol. The molecule has 312 valence electrons. The number of benzene rings is 3. The van der Waals surface area contributed by atoms with Crippen molar-refractivity contribution in [2.75, 3.05) is 20.8 Å². The van der Waals surface area contributed by atoms with Crippen LogP contribution in [0, 0.1) is 23.7 Å². The van der Waals surface area contributed by atoms with Crippen LogP contribution in [-0.4, -0.2) is 89.5 Å². The Morgan fingerprint density at radius 1 is 0.931 bits per heavy atom. The maximum absolute atomic E-state index is 13.6. The number of methoxy groups -OCH3 is 2. The van der Waals surface area contributed by atoms with Gasteiger partial charge < -0.3 is 28.8 Å². The van der Waals surface area contributed by atoms with E-state index >= 15 is 0 Å². The Morgan fingerprint density at radius 3 is 2.40 bits per heavy atom. The zero-order valence-electron chi connectivity index (χ0n) is 35.1. The van der Waals surface area contributed by atoms with Crippen molar-refractivity contribution in [3.05, 3.63) is 84.6 Å². The molecule has 0 saturated carbocycles. The van der Waals surface area contributed by atoms with E-state index in [0.717, 1.165) is 46.9 Å². The summed E-state index contributed by atoms with van der Waals surface area (Å²) in [5, 5.41) is 24.5. The number of cyclic esters (lactones) is 1. The van der Waals surface area contributed by atoms with Crippen LogP contribution < -0.4 is 0 Å². The van der Waals surface area contributed by atoms with Crippen LogP contribution in [-0.2, 0) is 39.8 Å². The SMILES string of the molecule is CCC1OC(=O)CCC(C)CC(CCn2cc(-c3cc4ccccc4c4ccccc34)nn2)CC(C)C(=O)C=CC(C)=CC1COC1OC(C)C(O)C(OC)C1OC. The van der Waals surface area contributed by atoms with Crippen LogP contribution in [0.15, 0.2) is 84.6 Å². The number of esters is 1. The maximum atomic E-state index is 13.6. The van der Waals surface area contributed by atoms with Gasteiger partial charge in [-0.2, -0.15) is 0 Å². The molecule has 1 aromatic heterocycles. The highest BCUT2D eigenvalue weighted by molar-refractivity contribution is 6.13. The fourth-order valence-electron chi connectivity index (χ4n) is 8.69. The lowest BCUT2D eigenvalue weighted by molar-refractivity contribution is -0.304. The summed E-state index contributed by atoms with van der Waals surface area (Å²) in [4.78, 5) is 27.0. The van der Waals surface area contributed by atoms with Crippen LogP contribution in [0.1, 0.15) is 73.1 Å². The Balaban J connectivity index is 1.16. The third-order valence-corrected chi connectivity index (χ3v) is 12.0. The highest BCUT2D eigenvalue weighted by Gasteiger charge is 2.45. The zero-order valence-corrected chi connectivity index (χ0v) is 35.1. The quantitative estimate of drug-likeness (QED) is 0.124. The Hall–Kier alpha value is -4.26. The number of fused-ring (bicyclic) bond motifs is 3. The Kier molecular flexibility index (Phi) is 15.0. The van der Waals surface area contributed by atoms with Gasteiger partial charge in [0.05, 0.1) is 18.9 Å². The lowest BCUT2D eigenvalue weighted by Crippen LogP contribution is -2.59. The maximum Gasteiger partial charge on any atom is 0.306 e. The van der Waals surface area contributed by atoms with Gasteiger partial charge in [0.25, 0.3) is 0 Å². The van der Waals surface area contributed by atoms with E-state index < -0.39 is 36.8 Å². The number of carbonyl (C=O) groups excluding carboxylic acids is 2. The van der Waals surface area contributed by atoms with Crippen LogP contribution in [0.4, 0.5) is 0 Å². The van der Waals surface area contributed by atoms with Crippen LogP contribution >= 0.6 is 0 Å². The molecule has 3 aromatic carbocycles. The molecular weight excluding hydrogens is 735 g/mol. The van der Waals surface area contributed by atoms with E-state index in [2.05, 4.69) is 71.8 Å². The van der Waals surface area contributed by atoms with Crippen LogP contribution in [0.5, 0.6) is 0 Å². The molecule has 4 aromatic rings. The minimum Gasteiger partial charge on any atom is -0.462 e. The Morgan fingerprint density at radius 2 is 1.66 bits per heavy atom. The number of rotatable bonds is 10. The number of hydrogen-bond acceptors (Lipinski definition) is 10. The molecule has 0 aliphatic carbocycles. The fourth-order valence-corrected chi connectivity index (χ4v) is 8.69. The van der Waals surface area contributed by atoms with Gasteiger partial charge in [0.2, 0.25) is 0 Å². The van der Waals surface area contributed by atoms with Crippen molar-refractivity contribution in [2.45, 2.75) is 116 Å². The lowest BCUT2D eigenvalue weighted by Gasteiger charge is -2.42. The summed E-state index contributed by atoms with van der Waals surface area (Å²) in [5.41, 5.74) is 2.74. The number of nitrogens with zero attached hydrogens (tertiary/aromatic N) is 3. The first-order valence-corrected chi connectivity index (χ1v) is 20.9. The van der Waals surface area contributed by atoms with Crippen molar-refractivity contribution >= 4 is 33.3 Å². The summed E-state index contributed by atoms with van der Waals surface area (Å²) < 4.78 is 31.5. The first-order chi connectivity index (χ1) is 28.0. The van der Waals surface area contributed by atoms with E-state index in [4.69, 9.17) is 23.7 Å². The molecule has 11 nitrogen and oxygen atoms in total. The predicted octanol–water partition coefficient (Wildman–Crippen LogP) is 8.27. The second kappa shape index (κ2) is 20.1. The summed E-state index contributed by atoms with van der Waals surface area (Å²) in [6.45, 7) is 10.7. The molecule has 1 saturated heterocycles. The van der Waals surface area contributed by atoms with Crippen molar-refractivity contribution < 1.29 is 38.4 Å². The third-order valence-electron chi connectivity index (χ3n) is 12.0. The summed E-state index contributed by atoms with van der Waals surface area (Å²) in [6, 6.07) is 19.0. The molecule has 0 bridgehead atoms. The molecule has 11 heteroatoms. The molecule has 2 aliphatic heterocycles. The minimum absolute atomic E-state index is 0.0756. The lowest BCUT2D eigenvalue weighted by atomic mass is 9.83. The molecule has 3 heterocycles. The minimum atomic E-state index is -0.878. The Labute approximate surface area is 342 Å². The number of ether oxygens (including phenoxy) is 5. The van der Waals surface area contributed by atoms with Crippen molar-refractivity contribution in [1.29, 1.82) is 0 Å². The first-order valence-electron chi connectivity index (χ1n) is 20.9. The fraction of sp³-hybridized carbons (Fsp3) is 0.532. The predicted molar refractivity (Wildman–Crippen MR) is 225 cm³/mol. The molecule has 10 unspecified atom stereocenters. The number of allylic oxidation sites excluding steroid dienone is 3. The second-order valence-corrected chi connectivity index (χ2v) is 16.4. The number of ketones is 1. The standard InChI is InChI=1S/C47H61N3O8/c1-8-42-35(28-56-47-46(55-7)45(54-6)44(53)32(5)57-47)24-30(3)17-19-41(51)31(4)25-33(23-29(2)18-20-43(52)58-42)21-22-50-27-40(48-49-50)39-26-34-13-9-10-14-36(34)37-15-11-12-16-38(37)39/h9-17,19,24,26-27,29,31-33,35,42,44-47,53H,8,18,20-23,25,28H2,1-7H3. The topological polar surface area (TPSA) is 131 Å². The van der Waals surface area contributed by atoms with Gasteiger partial charge in [-0.3, -0.25) is 14.3 Å². The average Bonchev–Trinajstić information content (AvgIpc) is 3.71. The normalized spacial score (nSPS) is 29.4. The third kappa shape index (κ3) is 10.5. The van der Waals surface area contributed by atoms with Crippen molar-refractivity contribution in [3.63, 3.8) is 0 Å². The molecule has 0 amide bonds. The molecule has 6 rings (SSSR count). The van der Waals surface area contributed by atoms with Gasteiger partial charge in [-0.25, -0.2) is 0 Å². The van der Waals surface area contributed by atoms with E-state index in [1.54, 1.807) is 13.0 Å². The number of hydrogen-bond donors (Lipinski definition) is 1. The van der Waals surface area contributed by atoms with Gasteiger partial charge in [-0.05, 0) is 91.5 Å². The highest BCUT2D eigenvalue weighted by Crippen LogP contribution is 2.35. The van der Waals surface area contributed by atoms with Gasteiger partial charge in [0, 0.05) is 44.6 Å². The van der Waals surface area contributed by atoms with E-state index in [1.807, 2.05) is 43.8 Å². The van der Waals surface area contributed by atoms with Gasteiger partial charge >= 0.3 is 5.97 Å². The molecular formula is C47H61N3O8. The summed E-state index contributed by atoms with van der Waals surface area (Å²) >= 11 is 0. The van der Waals surface area contributed by atoms with Crippen LogP contribution in [0.2, 0.25) is 0 Å². The van der Waals surface area contributed by atoms with Gasteiger partial charge in [0.1, 0.15) is 30.1 Å². The number of aliphatic hydroxyl groups excluding tert-OH is 1. The average molecular weight is 796 g/mol. The molecule has 1 N–H and O–H groups in total. The van der Waals surface area contributed by atoms with Gasteiger partial charge in [-0.15, -0.1) is 5.10 Å². The number of aryl methyl sites for hydroxylation is 1. The van der Waals surface area contributed by atoms with Crippen molar-refractivity contribution in [3.8, 4) is 11.3 Å². The van der Waals surface area contributed by atoms with Crippen molar-refractivity contribution in [1.82, 2.24) is 15.0 Å². The van der Waals surface area contributed by atoms with E-state index in [-0.39, 0.29) is 42.0 Å². The first kappa shape index (κ1) is 43.3.